The molecular weight excluding hydrogens is 332 g/mol. The number of hydrogen-bond acceptors (Lipinski definition) is 5. The van der Waals surface area contributed by atoms with E-state index in [1.54, 1.807) is 24.5 Å². The fraction of sp³-hybridized carbons (Fsp3) is 0.400. The molecule has 6 heteroatoms. The number of nitrogens with zero attached hydrogens (tertiary/aromatic N) is 1. The quantitative estimate of drug-likeness (QED) is 0.851. The van der Waals surface area contributed by atoms with Crippen LogP contribution in [0.4, 0.5) is 10.5 Å². The molecule has 1 aliphatic heterocycles. The van der Waals surface area contributed by atoms with Gasteiger partial charge in [-0.3, -0.25) is 10.3 Å². The number of carbonyl (C=O) groups is 1. The lowest BCUT2D eigenvalue weighted by atomic mass is 10.0. The zero-order valence-electron chi connectivity index (χ0n) is 15.8. The molecule has 0 bridgehead atoms. The molecule has 0 aliphatic carbocycles. The van der Waals surface area contributed by atoms with Gasteiger partial charge in [-0.2, -0.15) is 0 Å². The molecule has 2 heterocycles. The van der Waals surface area contributed by atoms with Gasteiger partial charge in [-0.05, 0) is 58.4 Å². The first kappa shape index (κ1) is 18.0. The molecule has 2 aromatic rings. The Balaban J connectivity index is 1.93. The average Bonchev–Trinajstić information content (AvgIpc) is 2.92. The van der Waals surface area contributed by atoms with Gasteiger partial charge in [-0.25, -0.2) is 4.79 Å². The van der Waals surface area contributed by atoms with E-state index in [-0.39, 0.29) is 6.10 Å². The number of amides is 1. The summed E-state index contributed by atoms with van der Waals surface area (Å²) < 4.78 is 17.4. The highest BCUT2D eigenvalue weighted by atomic mass is 16.6. The van der Waals surface area contributed by atoms with Crippen LogP contribution in [-0.4, -0.2) is 22.8 Å². The van der Waals surface area contributed by atoms with Gasteiger partial charge in [0, 0.05) is 24.4 Å². The second kappa shape index (κ2) is 6.86. The smallest absolute Gasteiger partial charge is 0.412 e. The molecule has 1 aliphatic rings. The highest BCUT2D eigenvalue weighted by Crippen LogP contribution is 2.45. The SMILES string of the molecule is Cc1cc(NC(=O)OC(C)(C)C)c2c(c1Oc1ccncc1)C[C@@H](C)O2. The van der Waals surface area contributed by atoms with E-state index >= 15 is 0 Å². The number of anilines is 1. The van der Waals surface area contributed by atoms with Gasteiger partial charge in [-0.15, -0.1) is 0 Å². The van der Waals surface area contributed by atoms with E-state index in [4.69, 9.17) is 14.2 Å². The summed E-state index contributed by atoms with van der Waals surface area (Å²) in [6.07, 6.45) is 3.57. The lowest BCUT2D eigenvalue weighted by Crippen LogP contribution is -2.27. The van der Waals surface area contributed by atoms with Crippen LogP contribution in [0.2, 0.25) is 0 Å². The Bertz CT molecular complexity index is 813. The molecule has 0 radical (unpaired) electrons. The van der Waals surface area contributed by atoms with Crippen molar-refractivity contribution in [3.05, 3.63) is 41.7 Å². The van der Waals surface area contributed by atoms with Gasteiger partial charge in [0.2, 0.25) is 0 Å². The van der Waals surface area contributed by atoms with E-state index in [1.807, 2.05) is 40.7 Å². The number of ether oxygens (including phenoxy) is 3. The minimum atomic E-state index is -0.569. The van der Waals surface area contributed by atoms with Crippen LogP contribution in [0.5, 0.6) is 17.2 Å². The van der Waals surface area contributed by atoms with Crippen molar-refractivity contribution in [2.75, 3.05) is 5.32 Å². The maximum absolute atomic E-state index is 12.2. The topological polar surface area (TPSA) is 69.7 Å². The van der Waals surface area contributed by atoms with Crippen LogP contribution in [-0.2, 0) is 11.2 Å². The fourth-order valence-corrected chi connectivity index (χ4v) is 2.87. The van der Waals surface area contributed by atoms with Crippen LogP contribution < -0.4 is 14.8 Å². The first-order valence-electron chi connectivity index (χ1n) is 8.64. The number of aryl methyl sites for hydroxylation is 1. The molecule has 1 atom stereocenters. The summed E-state index contributed by atoms with van der Waals surface area (Å²) in [6.45, 7) is 9.41. The largest absolute Gasteiger partial charge is 0.488 e. The Morgan fingerprint density at radius 3 is 2.65 bits per heavy atom. The van der Waals surface area contributed by atoms with Crippen LogP contribution in [0, 0.1) is 6.92 Å². The second-order valence-electron chi connectivity index (χ2n) is 7.42. The first-order valence-corrected chi connectivity index (χ1v) is 8.64. The van der Waals surface area contributed by atoms with E-state index < -0.39 is 11.7 Å². The second-order valence-corrected chi connectivity index (χ2v) is 7.42. The number of rotatable bonds is 3. The van der Waals surface area contributed by atoms with E-state index in [1.165, 1.54) is 0 Å². The summed E-state index contributed by atoms with van der Waals surface area (Å²) in [7, 11) is 0. The van der Waals surface area contributed by atoms with E-state index in [9.17, 15) is 4.79 Å². The third kappa shape index (κ3) is 4.07. The zero-order chi connectivity index (χ0) is 18.9. The third-order valence-electron chi connectivity index (χ3n) is 3.83. The Morgan fingerprint density at radius 1 is 1.31 bits per heavy atom. The molecule has 0 fully saturated rings. The summed E-state index contributed by atoms with van der Waals surface area (Å²) in [5.41, 5.74) is 1.88. The maximum Gasteiger partial charge on any atom is 0.412 e. The maximum atomic E-state index is 12.2. The number of hydrogen-bond donors (Lipinski definition) is 1. The molecule has 0 saturated heterocycles. The van der Waals surface area contributed by atoms with Gasteiger partial charge < -0.3 is 14.2 Å². The van der Waals surface area contributed by atoms with Crippen molar-refractivity contribution in [1.82, 2.24) is 4.98 Å². The lowest BCUT2D eigenvalue weighted by Gasteiger charge is -2.21. The predicted molar refractivity (Wildman–Crippen MR) is 99.1 cm³/mol. The Labute approximate surface area is 153 Å². The minimum Gasteiger partial charge on any atom is -0.488 e. The Hall–Kier alpha value is -2.76. The van der Waals surface area contributed by atoms with Crippen LogP contribution in [0.15, 0.2) is 30.6 Å². The number of fused-ring (bicyclic) bond motifs is 1. The minimum absolute atomic E-state index is 0.00535. The molecule has 1 N–H and O–H groups in total. The number of benzene rings is 1. The summed E-state index contributed by atoms with van der Waals surface area (Å²) in [6, 6.07) is 5.45. The normalized spacial score (nSPS) is 15.8. The highest BCUT2D eigenvalue weighted by molar-refractivity contribution is 5.88. The van der Waals surface area contributed by atoms with E-state index in [0.29, 0.717) is 23.6 Å². The molecule has 0 saturated carbocycles. The summed E-state index contributed by atoms with van der Waals surface area (Å²) in [5.74, 6) is 2.10. The zero-order valence-corrected chi connectivity index (χ0v) is 15.8. The number of aromatic nitrogens is 1. The van der Waals surface area contributed by atoms with Gasteiger partial charge >= 0.3 is 6.09 Å². The lowest BCUT2D eigenvalue weighted by molar-refractivity contribution is 0.0635. The monoisotopic (exact) mass is 356 g/mol. The van der Waals surface area contributed by atoms with Gasteiger partial charge in [0.25, 0.3) is 0 Å². The van der Waals surface area contributed by atoms with Crippen molar-refractivity contribution in [2.24, 2.45) is 0 Å². The van der Waals surface area contributed by atoms with Crippen LogP contribution in [0.3, 0.4) is 0 Å². The van der Waals surface area contributed by atoms with E-state index in [2.05, 4.69) is 10.3 Å². The molecule has 0 unspecified atom stereocenters. The molecule has 0 spiro atoms. The van der Waals surface area contributed by atoms with Crippen molar-refractivity contribution in [2.45, 2.75) is 52.7 Å². The van der Waals surface area contributed by atoms with Gasteiger partial charge in [0.1, 0.15) is 29.0 Å². The van der Waals surface area contributed by atoms with Crippen molar-refractivity contribution < 1.29 is 19.0 Å². The Kier molecular flexibility index (Phi) is 4.76. The molecule has 1 amide bonds. The van der Waals surface area contributed by atoms with Gasteiger partial charge in [-0.1, -0.05) is 0 Å². The van der Waals surface area contributed by atoms with Crippen LogP contribution in [0.25, 0.3) is 0 Å². The Morgan fingerprint density at radius 2 is 2.00 bits per heavy atom. The summed E-state index contributed by atoms with van der Waals surface area (Å²) in [5, 5.41) is 2.80. The number of nitrogens with one attached hydrogen (secondary N) is 1. The molecule has 1 aromatic carbocycles. The van der Waals surface area contributed by atoms with Crippen molar-refractivity contribution in [3.8, 4) is 17.2 Å². The van der Waals surface area contributed by atoms with Crippen molar-refractivity contribution >= 4 is 11.8 Å². The summed E-state index contributed by atoms with van der Waals surface area (Å²) >= 11 is 0. The molecule has 1 aromatic heterocycles. The van der Waals surface area contributed by atoms with Gasteiger partial charge in [0.05, 0.1) is 5.69 Å². The van der Waals surface area contributed by atoms with Crippen molar-refractivity contribution in [1.29, 1.82) is 0 Å². The number of carbonyl (C=O) groups excluding carboxylic acids is 1. The standard InChI is InChI=1S/C20H24N2O4/c1-12-10-16(22-19(23)26-20(3,4)5)18-15(11-13(2)24-18)17(12)25-14-6-8-21-9-7-14/h6-10,13H,11H2,1-5H3,(H,22,23)/t13-/m1/s1. The highest BCUT2D eigenvalue weighted by Gasteiger charge is 2.29. The van der Waals surface area contributed by atoms with Crippen LogP contribution in [0.1, 0.15) is 38.8 Å². The predicted octanol–water partition coefficient (Wildman–Crippen LogP) is 4.85. The molecule has 3 rings (SSSR count). The number of pyridine rings is 1. The van der Waals surface area contributed by atoms with Crippen molar-refractivity contribution in [3.63, 3.8) is 0 Å². The van der Waals surface area contributed by atoms with Gasteiger partial charge in [0.15, 0.2) is 0 Å². The van der Waals surface area contributed by atoms with E-state index in [0.717, 1.165) is 16.9 Å². The third-order valence-corrected chi connectivity index (χ3v) is 3.83. The molecule has 138 valence electrons. The molecule has 26 heavy (non-hydrogen) atoms. The molecular formula is C20H24N2O4. The first-order chi connectivity index (χ1) is 12.2. The summed E-state index contributed by atoms with van der Waals surface area (Å²) in [4.78, 5) is 16.2. The average molecular weight is 356 g/mol. The molecule has 6 nitrogen and oxygen atoms in total. The fourth-order valence-electron chi connectivity index (χ4n) is 2.87. The van der Waals surface area contributed by atoms with Crippen LogP contribution >= 0.6 is 0 Å².